The lowest BCUT2D eigenvalue weighted by molar-refractivity contribution is -0.140. The Hall–Kier alpha value is -2.78. The van der Waals surface area contributed by atoms with Crippen molar-refractivity contribution < 1.29 is 22.7 Å². The molecule has 10 heteroatoms. The molecule has 1 atom stereocenters. The number of nitrogens with zero attached hydrogens (tertiary/aromatic N) is 2. The molecule has 2 rings (SSSR count). The minimum atomic E-state index is -3.82. The molecule has 0 aliphatic rings. The molecule has 1 N–H and O–H groups in total. The fourth-order valence-corrected chi connectivity index (χ4v) is 4.72. The number of carbonyl (C=O) groups excluding carboxylic acids is 2. The number of nitrogens with one attached hydrogen (secondary N) is 1. The number of amides is 2. The second-order valence-electron chi connectivity index (χ2n) is 8.64. The van der Waals surface area contributed by atoms with E-state index in [-0.39, 0.29) is 18.1 Å². The molecular formula is C26H36ClN3O5S. The Kier molecular flexibility index (Phi) is 11.0. The number of aryl methyl sites for hydroxylation is 1. The number of anilines is 1. The molecule has 0 saturated heterocycles. The van der Waals surface area contributed by atoms with Crippen molar-refractivity contribution in [3.8, 4) is 5.75 Å². The summed E-state index contributed by atoms with van der Waals surface area (Å²) < 4.78 is 31.6. The van der Waals surface area contributed by atoms with E-state index in [1.165, 1.54) is 11.0 Å². The monoisotopic (exact) mass is 537 g/mol. The van der Waals surface area contributed by atoms with Gasteiger partial charge in [-0.05, 0) is 55.2 Å². The van der Waals surface area contributed by atoms with Crippen molar-refractivity contribution in [2.24, 2.45) is 0 Å². The maximum atomic E-state index is 13.7. The number of sulfonamides is 1. The van der Waals surface area contributed by atoms with E-state index in [9.17, 15) is 18.0 Å². The molecule has 8 nitrogen and oxygen atoms in total. The van der Waals surface area contributed by atoms with E-state index in [4.69, 9.17) is 16.3 Å². The second-order valence-corrected chi connectivity index (χ2v) is 11.0. The summed E-state index contributed by atoms with van der Waals surface area (Å²) in [5.41, 5.74) is 1.86. The predicted octanol–water partition coefficient (Wildman–Crippen LogP) is 4.15. The van der Waals surface area contributed by atoms with Crippen LogP contribution in [-0.2, 0) is 26.2 Å². The molecule has 2 aromatic carbocycles. The molecule has 0 fully saturated rings. The Labute approximate surface area is 219 Å². The van der Waals surface area contributed by atoms with Crippen molar-refractivity contribution in [1.29, 1.82) is 0 Å². The minimum absolute atomic E-state index is 0.134. The number of hydrogen-bond donors (Lipinski definition) is 1. The van der Waals surface area contributed by atoms with Crippen LogP contribution in [0.3, 0.4) is 0 Å². The van der Waals surface area contributed by atoms with Crippen molar-refractivity contribution in [1.82, 2.24) is 10.2 Å². The molecule has 0 aliphatic carbocycles. The van der Waals surface area contributed by atoms with Gasteiger partial charge in [0, 0.05) is 18.1 Å². The van der Waals surface area contributed by atoms with Gasteiger partial charge in [0.15, 0.2) is 0 Å². The first-order valence-electron chi connectivity index (χ1n) is 12.0. The Balaban J connectivity index is 2.42. The first-order chi connectivity index (χ1) is 17.0. The smallest absolute Gasteiger partial charge is 0.244 e. The van der Waals surface area contributed by atoms with Crippen molar-refractivity contribution >= 4 is 39.1 Å². The number of rotatable bonds is 13. The van der Waals surface area contributed by atoms with Gasteiger partial charge in [-0.3, -0.25) is 13.9 Å². The molecule has 0 radical (unpaired) electrons. The summed E-state index contributed by atoms with van der Waals surface area (Å²) in [6.45, 7) is 5.84. The number of methoxy groups -OCH3 is 1. The highest BCUT2D eigenvalue weighted by molar-refractivity contribution is 7.92. The molecule has 0 aliphatic heterocycles. The van der Waals surface area contributed by atoms with E-state index >= 15 is 0 Å². The third-order valence-corrected chi connectivity index (χ3v) is 7.40. The van der Waals surface area contributed by atoms with Gasteiger partial charge in [0.1, 0.15) is 18.3 Å². The second kappa shape index (κ2) is 13.5. The van der Waals surface area contributed by atoms with Crippen LogP contribution in [0.2, 0.25) is 5.02 Å². The molecule has 36 heavy (non-hydrogen) atoms. The summed E-state index contributed by atoms with van der Waals surface area (Å²) in [5.74, 6) is -0.0944. The number of unbranched alkanes of at least 4 members (excludes halogenated alkanes) is 1. The summed E-state index contributed by atoms with van der Waals surface area (Å²) in [5, 5.41) is 3.29. The fraction of sp³-hybridized carbons (Fsp3) is 0.462. The maximum Gasteiger partial charge on any atom is 0.244 e. The topological polar surface area (TPSA) is 96.0 Å². The van der Waals surface area contributed by atoms with Gasteiger partial charge in [0.2, 0.25) is 21.8 Å². The Morgan fingerprint density at radius 2 is 1.78 bits per heavy atom. The fourth-order valence-electron chi connectivity index (χ4n) is 3.70. The lowest BCUT2D eigenvalue weighted by atomic mass is 10.1. The van der Waals surface area contributed by atoms with Crippen LogP contribution < -0.4 is 14.4 Å². The zero-order valence-electron chi connectivity index (χ0n) is 21.6. The largest absolute Gasteiger partial charge is 0.497 e. The molecule has 198 valence electrons. The van der Waals surface area contributed by atoms with Gasteiger partial charge in [-0.15, -0.1) is 0 Å². The lowest BCUT2D eigenvalue weighted by Gasteiger charge is -2.33. The molecule has 0 heterocycles. The van der Waals surface area contributed by atoms with Crippen LogP contribution in [0, 0.1) is 6.92 Å². The van der Waals surface area contributed by atoms with Crippen molar-refractivity contribution in [2.75, 3.05) is 30.8 Å². The van der Waals surface area contributed by atoms with Crippen molar-refractivity contribution in [3.05, 3.63) is 58.6 Å². The molecule has 0 spiro atoms. The zero-order chi connectivity index (χ0) is 26.9. The average molecular weight is 538 g/mol. The predicted molar refractivity (Wildman–Crippen MR) is 144 cm³/mol. The number of hydrogen-bond acceptors (Lipinski definition) is 5. The van der Waals surface area contributed by atoms with E-state index in [1.807, 2.05) is 32.9 Å². The Bertz CT molecular complexity index is 1140. The van der Waals surface area contributed by atoms with Gasteiger partial charge < -0.3 is 15.0 Å². The Morgan fingerprint density at radius 1 is 1.11 bits per heavy atom. The zero-order valence-corrected chi connectivity index (χ0v) is 23.2. The van der Waals surface area contributed by atoms with Crippen LogP contribution in [0.4, 0.5) is 5.69 Å². The van der Waals surface area contributed by atoms with Crippen LogP contribution in [0.5, 0.6) is 5.75 Å². The number of benzene rings is 2. The van der Waals surface area contributed by atoms with Crippen molar-refractivity contribution in [3.63, 3.8) is 0 Å². The molecule has 0 aromatic heterocycles. The van der Waals surface area contributed by atoms with Gasteiger partial charge in [0.05, 0.1) is 19.1 Å². The number of ether oxygens (including phenoxy) is 1. The first kappa shape index (κ1) is 29.5. The molecule has 2 aromatic rings. The minimum Gasteiger partial charge on any atom is -0.497 e. The maximum absolute atomic E-state index is 13.7. The third kappa shape index (κ3) is 8.13. The Morgan fingerprint density at radius 3 is 2.31 bits per heavy atom. The normalized spacial score (nSPS) is 12.1. The van der Waals surface area contributed by atoms with Crippen LogP contribution >= 0.6 is 11.6 Å². The van der Waals surface area contributed by atoms with Gasteiger partial charge in [-0.25, -0.2) is 8.42 Å². The number of carbonyl (C=O) groups is 2. The average Bonchev–Trinajstić information content (AvgIpc) is 2.84. The first-order valence-corrected chi connectivity index (χ1v) is 14.2. The van der Waals surface area contributed by atoms with Gasteiger partial charge >= 0.3 is 0 Å². The highest BCUT2D eigenvalue weighted by atomic mass is 35.5. The van der Waals surface area contributed by atoms with Crippen molar-refractivity contribution in [2.45, 2.75) is 52.6 Å². The molecule has 0 saturated carbocycles. The molecule has 2 amide bonds. The summed E-state index contributed by atoms with van der Waals surface area (Å²) in [4.78, 5) is 28.2. The van der Waals surface area contributed by atoms with Crippen LogP contribution in [-0.4, -0.2) is 57.6 Å². The molecular weight excluding hydrogens is 502 g/mol. The van der Waals surface area contributed by atoms with Gasteiger partial charge in [-0.1, -0.05) is 50.1 Å². The highest BCUT2D eigenvalue weighted by Crippen LogP contribution is 2.25. The number of halogens is 1. The SMILES string of the molecule is CCCCNC(=O)[C@@H](CC)N(Cc1ccc(OC)cc1)C(=O)CN(c1ccc(C)c(Cl)c1)S(C)(=O)=O. The third-order valence-electron chi connectivity index (χ3n) is 5.85. The van der Waals surface area contributed by atoms with E-state index in [0.717, 1.165) is 34.5 Å². The summed E-state index contributed by atoms with van der Waals surface area (Å²) in [7, 11) is -2.25. The van der Waals surface area contributed by atoms with Crippen LogP contribution in [0.15, 0.2) is 42.5 Å². The summed E-state index contributed by atoms with van der Waals surface area (Å²) >= 11 is 6.23. The molecule has 0 bridgehead atoms. The highest BCUT2D eigenvalue weighted by Gasteiger charge is 2.31. The van der Waals surface area contributed by atoms with Gasteiger partial charge in [-0.2, -0.15) is 0 Å². The van der Waals surface area contributed by atoms with E-state index in [0.29, 0.717) is 23.7 Å². The quantitative estimate of drug-likeness (QED) is 0.387. The molecule has 0 unspecified atom stereocenters. The van der Waals surface area contributed by atoms with Crippen LogP contribution in [0.25, 0.3) is 0 Å². The summed E-state index contributed by atoms with van der Waals surface area (Å²) in [6.07, 6.45) is 3.16. The van der Waals surface area contributed by atoms with E-state index in [2.05, 4.69) is 5.32 Å². The summed E-state index contributed by atoms with van der Waals surface area (Å²) in [6, 6.07) is 11.2. The van der Waals surface area contributed by atoms with E-state index < -0.39 is 28.5 Å². The van der Waals surface area contributed by atoms with Gasteiger partial charge in [0.25, 0.3) is 0 Å². The van der Waals surface area contributed by atoms with E-state index in [1.54, 1.807) is 31.4 Å². The van der Waals surface area contributed by atoms with Crippen LogP contribution in [0.1, 0.15) is 44.2 Å². The lowest BCUT2D eigenvalue weighted by Crippen LogP contribution is -2.52. The standard InChI is InChI=1S/C26H36ClN3O5S/c1-6-8-15-28-26(32)24(7-2)29(17-20-10-13-22(35-4)14-11-20)25(31)18-30(36(5,33)34)21-12-9-19(3)23(27)16-21/h9-14,16,24H,6-8,15,17-18H2,1-5H3,(H,28,32)/t24-/m1/s1.